The standard InChI is InChI=1S/C16H16N2O2S/c1-10-6-7-13(15(17)21)16(19)18(10)9-12-8-11-4-2-3-5-14(11)20-12/h2-7,12H,8-9H2,1H3,(H2,17,21). The lowest BCUT2D eigenvalue weighted by atomic mass is 10.1. The van der Waals surface area contributed by atoms with Gasteiger partial charge in [0.05, 0.1) is 12.1 Å². The molecule has 1 aromatic heterocycles. The van der Waals surface area contributed by atoms with Crippen LogP contribution in [-0.4, -0.2) is 15.7 Å². The van der Waals surface area contributed by atoms with E-state index in [0.29, 0.717) is 12.1 Å². The van der Waals surface area contributed by atoms with Gasteiger partial charge in [0.25, 0.3) is 5.56 Å². The zero-order valence-corrected chi connectivity index (χ0v) is 12.5. The summed E-state index contributed by atoms with van der Waals surface area (Å²) in [4.78, 5) is 12.6. The maximum absolute atomic E-state index is 12.4. The molecule has 1 aromatic carbocycles. The predicted molar refractivity (Wildman–Crippen MR) is 85.9 cm³/mol. The van der Waals surface area contributed by atoms with Gasteiger partial charge >= 0.3 is 0 Å². The van der Waals surface area contributed by atoms with Crippen LogP contribution < -0.4 is 16.0 Å². The second-order valence-corrected chi connectivity index (χ2v) is 5.66. The fraction of sp³-hybridized carbons (Fsp3) is 0.250. The summed E-state index contributed by atoms with van der Waals surface area (Å²) in [6.07, 6.45) is 0.764. The number of thiocarbonyl (C=S) groups is 1. The zero-order valence-electron chi connectivity index (χ0n) is 11.7. The molecular formula is C16H16N2O2S. The first-order chi connectivity index (χ1) is 10.1. The van der Waals surface area contributed by atoms with Gasteiger partial charge in [-0.05, 0) is 30.7 Å². The SMILES string of the molecule is Cc1ccc(C(N)=S)c(=O)n1CC1Cc2ccccc2O1. The van der Waals surface area contributed by atoms with Crippen LogP contribution in [0.2, 0.25) is 0 Å². The molecule has 0 bridgehead atoms. The van der Waals surface area contributed by atoms with E-state index in [-0.39, 0.29) is 16.7 Å². The fourth-order valence-electron chi connectivity index (χ4n) is 2.64. The van der Waals surface area contributed by atoms with Gasteiger partial charge in [-0.15, -0.1) is 0 Å². The predicted octanol–water partition coefficient (Wildman–Crippen LogP) is 1.79. The maximum atomic E-state index is 12.4. The normalized spacial score (nSPS) is 16.3. The number of hydrogen-bond acceptors (Lipinski definition) is 3. The molecule has 0 spiro atoms. The molecule has 0 fully saturated rings. The summed E-state index contributed by atoms with van der Waals surface area (Å²) >= 11 is 4.93. The largest absolute Gasteiger partial charge is 0.488 e. The van der Waals surface area contributed by atoms with Crippen LogP contribution in [0.5, 0.6) is 5.75 Å². The molecule has 2 aromatic rings. The van der Waals surface area contributed by atoms with E-state index < -0.39 is 0 Å². The molecule has 0 amide bonds. The average molecular weight is 300 g/mol. The third-order valence-corrected chi connectivity index (χ3v) is 3.98. The van der Waals surface area contributed by atoms with Crippen molar-refractivity contribution in [2.24, 2.45) is 5.73 Å². The number of nitrogens with two attached hydrogens (primary N) is 1. The first kappa shape index (κ1) is 13.8. The molecule has 0 saturated carbocycles. The molecule has 5 heteroatoms. The second-order valence-electron chi connectivity index (χ2n) is 5.22. The lowest BCUT2D eigenvalue weighted by molar-refractivity contribution is 0.206. The molecule has 0 radical (unpaired) electrons. The Kier molecular flexibility index (Phi) is 3.51. The lowest BCUT2D eigenvalue weighted by Gasteiger charge is -2.16. The molecule has 4 nitrogen and oxygen atoms in total. The quantitative estimate of drug-likeness (QED) is 0.878. The number of ether oxygens (including phenoxy) is 1. The first-order valence-corrected chi connectivity index (χ1v) is 7.22. The zero-order chi connectivity index (χ0) is 15.0. The van der Waals surface area contributed by atoms with Crippen molar-refractivity contribution in [2.45, 2.75) is 26.0 Å². The van der Waals surface area contributed by atoms with Crippen LogP contribution >= 0.6 is 12.2 Å². The Bertz CT molecular complexity index is 742. The van der Waals surface area contributed by atoms with Gasteiger partial charge in [0.15, 0.2) is 0 Å². The molecule has 1 aliphatic heterocycles. The molecule has 2 N–H and O–H groups in total. The third-order valence-electron chi connectivity index (χ3n) is 3.76. The van der Waals surface area contributed by atoms with Gasteiger partial charge in [-0.25, -0.2) is 0 Å². The molecule has 1 aliphatic rings. The number of hydrogen-bond donors (Lipinski definition) is 1. The van der Waals surface area contributed by atoms with Gasteiger partial charge in [-0.3, -0.25) is 4.79 Å². The van der Waals surface area contributed by atoms with Crippen molar-refractivity contribution in [2.75, 3.05) is 0 Å². The van der Waals surface area contributed by atoms with Crippen LogP contribution in [0.3, 0.4) is 0 Å². The number of fused-ring (bicyclic) bond motifs is 1. The minimum atomic E-state index is -0.151. The fourth-order valence-corrected chi connectivity index (χ4v) is 2.80. The Morgan fingerprint density at radius 2 is 2.14 bits per heavy atom. The van der Waals surface area contributed by atoms with E-state index >= 15 is 0 Å². The Morgan fingerprint density at radius 1 is 1.38 bits per heavy atom. The van der Waals surface area contributed by atoms with Crippen LogP contribution in [0.4, 0.5) is 0 Å². The molecule has 1 unspecified atom stereocenters. The molecule has 108 valence electrons. The summed E-state index contributed by atoms with van der Waals surface area (Å²) in [5, 5.41) is 0. The average Bonchev–Trinajstić information content (AvgIpc) is 2.85. The topological polar surface area (TPSA) is 57.2 Å². The Labute approximate surface area is 128 Å². The van der Waals surface area contributed by atoms with Crippen LogP contribution in [0.1, 0.15) is 16.8 Å². The van der Waals surface area contributed by atoms with E-state index in [9.17, 15) is 4.79 Å². The Hall–Kier alpha value is -2.14. The number of aromatic nitrogens is 1. The first-order valence-electron chi connectivity index (χ1n) is 6.81. The summed E-state index contributed by atoms with van der Waals surface area (Å²) in [5.41, 5.74) is 7.88. The highest BCUT2D eigenvalue weighted by atomic mass is 32.1. The third kappa shape index (κ3) is 2.56. The Morgan fingerprint density at radius 3 is 2.86 bits per heavy atom. The number of aryl methyl sites for hydroxylation is 1. The molecule has 2 heterocycles. The van der Waals surface area contributed by atoms with Crippen molar-refractivity contribution in [1.82, 2.24) is 4.57 Å². The Balaban J connectivity index is 1.89. The van der Waals surface area contributed by atoms with Crippen molar-refractivity contribution in [3.8, 4) is 5.75 Å². The summed E-state index contributed by atoms with van der Waals surface area (Å²) in [5.74, 6) is 0.902. The van der Waals surface area contributed by atoms with Gasteiger partial charge in [0, 0.05) is 12.1 Å². The molecule has 0 aliphatic carbocycles. The van der Waals surface area contributed by atoms with E-state index in [1.807, 2.05) is 31.2 Å². The van der Waals surface area contributed by atoms with E-state index in [4.69, 9.17) is 22.7 Å². The van der Waals surface area contributed by atoms with Crippen LogP contribution in [-0.2, 0) is 13.0 Å². The summed E-state index contributed by atoms with van der Waals surface area (Å²) in [6.45, 7) is 2.39. The van der Waals surface area contributed by atoms with E-state index in [1.54, 1.807) is 10.6 Å². The molecule has 0 saturated heterocycles. The second kappa shape index (κ2) is 5.33. The number of rotatable bonds is 3. The number of benzene rings is 1. The molecule has 3 rings (SSSR count). The highest BCUT2D eigenvalue weighted by Gasteiger charge is 2.23. The summed E-state index contributed by atoms with van der Waals surface area (Å²) < 4.78 is 7.58. The van der Waals surface area contributed by atoms with E-state index in [2.05, 4.69) is 6.07 Å². The maximum Gasteiger partial charge on any atom is 0.261 e. The molecule has 21 heavy (non-hydrogen) atoms. The molecular weight excluding hydrogens is 284 g/mol. The number of pyridine rings is 1. The lowest BCUT2D eigenvalue weighted by Crippen LogP contribution is -2.34. The van der Waals surface area contributed by atoms with Crippen molar-refractivity contribution >= 4 is 17.2 Å². The summed E-state index contributed by atoms with van der Waals surface area (Å²) in [6, 6.07) is 11.5. The van der Waals surface area contributed by atoms with Gasteiger partial charge in [-0.2, -0.15) is 0 Å². The monoisotopic (exact) mass is 300 g/mol. The van der Waals surface area contributed by atoms with Gasteiger partial charge in [0.1, 0.15) is 16.8 Å². The van der Waals surface area contributed by atoms with Gasteiger partial charge in [-0.1, -0.05) is 30.4 Å². The van der Waals surface area contributed by atoms with E-state index in [1.165, 1.54) is 5.56 Å². The minimum absolute atomic E-state index is 0.0413. The number of para-hydroxylation sites is 1. The van der Waals surface area contributed by atoms with Crippen LogP contribution in [0, 0.1) is 6.92 Å². The highest BCUT2D eigenvalue weighted by Crippen LogP contribution is 2.28. The van der Waals surface area contributed by atoms with E-state index in [0.717, 1.165) is 17.9 Å². The van der Waals surface area contributed by atoms with Crippen LogP contribution in [0.15, 0.2) is 41.2 Å². The highest BCUT2D eigenvalue weighted by molar-refractivity contribution is 7.80. The van der Waals surface area contributed by atoms with Crippen LogP contribution in [0.25, 0.3) is 0 Å². The summed E-state index contributed by atoms with van der Waals surface area (Å²) in [7, 11) is 0. The van der Waals surface area contributed by atoms with Gasteiger partial charge < -0.3 is 15.0 Å². The minimum Gasteiger partial charge on any atom is -0.488 e. The molecule has 1 atom stereocenters. The van der Waals surface area contributed by atoms with Gasteiger partial charge in [0.2, 0.25) is 0 Å². The van der Waals surface area contributed by atoms with Crippen molar-refractivity contribution in [3.05, 3.63) is 63.6 Å². The van der Waals surface area contributed by atoms with Crippen molar-refractivity contribution in [1.29, 1.82) is 0 Å². The van der Waals surface area contributed by atoms with Crippen molar-refractivity contribution in [3.63, 3.8) is 0 Å². The number of nitrogens with zero attached hydrogens (tertiary/aromatic N) is 1. The van der Waals surface area contributed by atoms with Crippen molar-refractivity contribution < 1.29 is 4.74 Å². The smallest absolute Gasteiger partial charge is 0.261 e.